The number of hydrazone groups is 1. The van der Waals surface area contributed by atoms with Gasteiger partial charge in [-0.15, -0.1) is 0 Å². The molecular formula is C20H17N3O4S. The SMILES string of the molecule is Cc1ccc(S(=O)(=O)Oc2ccccc2C=NNC(=O)c2cccnc2)cc1. The monoisotopic (exact) mass is 395 g/mol. The van der Waals surface area contributed by atoms with E-state index in [0.717, 1.165) is 5.56 Å². The van der Waals surface area contributed by atoms with Gasteiger partial charge in [0.2, 0.25) is 0 Å². The molecule has 28 heavy (non-hydrogen) atoms. The summed E-state index contributed by atoms with van der Waals surface area (Å²) in [4.78, 5) is 15.9. The Balaban J connectivity index is 1.76. The first-order valence-electron chi connectivity index (χ1n) is 8.29. The summed E-state index contributed by atoms with van der Waals surface area (Å²) in [5.41, 5.74) is 4.05. The second-order valence-corrected chi connectivity index (χ2v) is 7.38. The van der Waals surface area contributed by atoms with Gasteiger partial charge < -0.3 is 4.18 Å². The van der Waals surface area contributed by atoms with Crippen LogP contribution >= 0.6 is 0 Å². The van der Waals surface area contributed by atoms with Crippen molar-refractivity contribution in [1.82, 2.24) is 10.4 Å². The highest BCUT2D eigenvalue weighted by Crippen LogP contribution is 2.22. The molecule has 0 fully saturated rings. The van der Waals surface area contributed by atoms with Crippen molar-refractivity contribution < 1.29 is 17.4 Å². The third-order valence-corrected chi connectivity index (χ3v) is 4.97. The topological polar surface area (TPSA) is 97.7 Å². The van der Waals surface area contributed by atoms with Crippen molar-refractivity contribution in [2.24, 2.45) is 5.10 Å². The Morgan fingerprint density at radius 1 is 1.07 bits per heavy atom. The van der Waals surface area contributed by atoms with Gasteiger partial charge in [-0.1, -0.05) is 29.8 Å². The molecule has 2 aromatic carbocycles. The Morgan fingerprint density at radius 3 is 2.54 bits per heavy atom. The molecule has 0 saturated heterocycles. The van der Waals surface area contributed by atoms with Gasteiger partial charge in [0.25, 0.3) is 5.91 Å². The average Bonchev–Trinajstić information content (AvgIpc) is 2.70. The van der Waals surface area contributed by atoms with Crippen LogP contribution < -0.4 is 9.61 Å². The van der Waals surface area contributed by atoms with E-state index in [2.05, 4.69) is 15.5 Å². The van der Waals surface area contributed by atoms with E-state index in [1.54, 1.807) is 48.7 Å². The molecule has 1 amide bonds. The molecule has 1 aromatic heterocycles. The Kier molecular flexibility index (Phi) is 5.81. The molecule has 0 aliphatic rings. The number of nitrogens with one attached hydrogen (secondary N) is 1. The summed E-state index contributed by atoms with van der Waals surface area (Å²) in [5, 5.41) is 3.87. The van der Waals surface area contributed by atoms with Crippen molar-refractivity contribution in [1.29, 1.82) is 0 Å². The minimum absolute atomic E-state index is 0.0507. The van der Waals surface area contributed by atoms with E-state index in [4.69, 9.17) is 4.18 Å². The van der Waals surface area contributed by atoms with Gasteiger partial charge in [-0.3, -0.25) is 9.78 Å². The summed E-state index contributed by atoms with van der Waals surface area (Å²) >= 11 is 0. The van der Waals surface area contributed by atoms with Crippen LogP contribution in [0.2, 0.25) is 0 Å². The fourth-order valence-corrected chi connectivity index (χ4v) is 3.21. The van der Waals surface area contributed by atoms with E-state index in [-0.39, 0.29) is 10.6 Å². The lowest BCUT2D eigenvalue weighted by atomic mass is 10.2. The van der Waals surface area contributed by atoms with Crippen LogP contribution in [0.15, 0.2) is 83.1 Å². The molecular weight excluding hydrogens is 378 g/mol. The second-order valence-electron chi connectivity index (χ2n) is 5.83. The average molecular weight is 395 g/mol. The van der Waals surface area contributed by atoms with E-state index in [1.807, 2.05) is 6.92 Å². The van der Waals surface area contributed by atoms with Crippen LogP contribution in [-0.2, 0) is 10.1 Å². The number of benzene rings is 2. The van der Waals surface area contributed by atoms with Gasteiger partial charge in [0.05, 0.1) is 11.8 Å². The van der Waals surface area contributed by atoms with E-state index in [1.165, 1.54) is 30.6 Å². The van der Waals surface area contributed by atoms with E-state index < -0.39 is 16.0 Å². The lowest BCUT2D eigenvalue weighted by molar-refractivity contribution is 0.0954. The van der Waals surface area contributed by atoms with Crippen molar-refractivity contribution in [2.45, 2.75) is 11.8 Å². The van der Waals surface area contributed by atoms with Crippen LogP contribution in [0.25, 0.3) is 0 Å². The third-order valence-electron chi connectivity index (χ3n) is 3.72. The summed E-state index contributed by atoms with van der Waals surface area (Å²) in [6.45, 7) is 1.86. The number of hydrogen-bond acceptors (Lipinski definition) is 6. The zero-order valence-electron chi connectivity index (χ0n) is 14.9. The number of rotatable bonds is 6. The fourth-order valence-electron chi connectivity index (χ4n) is 2.26. The van der Waals surface area contributed by atoms with Crippen molar-refractivity contribution >= 4 is 22.2 Å². The molecule has 0 aliphatic carbocycles. The summed E-state index contributed by atoms with van der Waals surface area (Å²) in [5.74, 6) is -0.336. The van der Waals surface area contributed by atoms with Crippen LogP contribution in [0.4, 0.5) is 0 Å². The molecule has 0 atom stereocenters. The number of aromatic nitrogens is 1. The number of pyridine rings is 1. The van der Waals surface area contributed by atoms with Crippen LogP contribution in [0.3, 0.4) is 0 Å². The first kappa shape index (κ1) is 19.2. The number of hydrogen-bond donors (Lipinski definition) is 1. The lowest BCUT2D eigenvalue weighted by Crippen LogP contribution is -2.17. The van der Waals surface area contributed by atoms with Crippen molar-refractivity contribution in [3.63, 3.8) is 0 Å². The van der Waals surface area contributed by atoms with Gasteiger partial charge in [-0.25, -0.2) is 5.43 Å². The van der Waals surface area contributed by atoms with Gasteiger partial charge >= 0.3 is 10.1 Å². The highest BCUT2D eigenvalue weighted by Gasteiger charge is 2.17. The minimum atomic E-state index is -3.99. The van der Waals surface area contributed by atoms with Crippen molar-refractivity contribution in [3.05, 3.63) is 89.7 Å². The van der Waals surface area contributed by atoms with Crippen LogP contribution in [-0.4, -0.2) is 25.5 Å². The Morgan fingerprint density at radius 2 is 1.82 bits per heavy atom. The van der Waals surface area contributed by atoms with Gasteiger partial charge in [-0.05, 0) is 43.3 Å². The van der Waals surface area contributed by atoms with Crippen LogP contribution in [0.5, 0.6) is 5.75 Å². The molecule has 0 bridgehead atoms. The number of amides is 1. The maximum atomic E-state index is 12.5. The van der Waals surface area contributed by atoms with Crippen molar-refractivity contribution in [2.75, 3.05) is 0 Å². The Labute approximate surface area is 162 Å². The predicted molar refractivity (Wildman–Crippen MR) is 105 cm³/mol. The molecule has 142 valence electrons. The quantitative estimate of drug-likeness (QED) is 0.393. The number of carbonyl (C=O) groups excluding carboxylic acids is 1. The third kappa shape index (κ3) is 4.80. The zero-order valence-corrected chi connectivity index (χ0v) is 15.8. The molecule has 3 rings (SSSR count). The molecule has 0 unspecified atom stereocenters. The van der Waals surface area contributed by atoms with E-state index in [0.29, 0.717) is 11.1 Å². The highest BCUT2D eigenvalue weighted by atomic mass is 32.2. The summed E-state index contributed by atoms with van der Waals surface area (Å²) in [6, 6.07) is 16.1. The molecule has 0 saturated carbocycles. The molecule has 8 heteroatoms. The summed E-state index contributed by atoms with van der Waals surface area (Å²) in [7, 11) is -3.99. The predicted octanol–water partition coefficient (Wildman–Crippen LogP) is 2.92. The molecule has 0 aliphatic heterocycles. The summed E-state index contributed by atoms with van der Waals surface area (Å²) in [6.07, 6.45) is 4.28. The molecule has 7 nitrogen and oxygen atoms in total. The lowest BCUT2D eigenvalue weighted by Gasteiger charge is -2.09. The maximum Gasteiger partial charge on any atom is 0.339 e. The number of para-hydroxylation sites is 1. The Bertz CT molecular complexity index is 1100. The fraction of sp³-hybridized carbons (Fsp3) is 0.0500. The highest BCUT2D eigenvalue weighted by molar-refractivity contribution is 7.87. The van der Waals surface area contributed by atoms with E-state index in [9.17, 15) is 13.2 Å². The maximum absolute atomic E-state index is 12.5. The number of carbonyl (C=O) groups is 1. The first-order chi connectivity index (χ1) is 13.5. The molecule has 1 heterocycles. The van der Waals surface area contributed by atoms with Crippen LogP contribution in [0, 0.1) is 6.92 Å². The van der Waals surface area contributed by atoms with Crippen molar-refractivity contribution in [3.8, 4) is 5.75 Å². The molecule has 0 radical (unpaired) electrons. The smallest absolute Gasteiger partial charge is 0.339 e. The minimum Gasteiger partial charge on any atom is -0.378 e. The van der Waals surface area contributed by atoms with Gasteiger partial charge in [0.1, 0.15) is 4.90 Å². The zero-order chi connectivity index (χ0) is 20.0. The van der Waals surface area contributed by atoms with Gasteiger partial charge in [0.15, 0.2) is 5.75 Å². The number of aryl methyl sites for hydroxylation is 1. The second kappa shape index (κ2) is 8.45. The van der Waals surface area contributed by atoms with Gasteiger partial charge in [-0.2, -0.15) is 13.5 Å². The Hall–Kier alpha value is -3.52. The first-order valence-corrected chi connectivity index (χ1v) is 9.70. The largest absolute Gasteiger partial charge is 0.378 e. The van der Waals surface area contributed by atoms with Gasteiger partial charge in [0, 0.05) is 18.0 Å². The summed E-state index contributed by atoms with van der Waals surface area (Å²) < 4.78 is 30.2. The number of nitrogens with zero attached hydrogens (tertiary/aromatic N) is 2. The molecule has 0 spiro atoms. The van der Waals surface area contributed by atoms with Crippen LogP contribution in [0.1, 0.15) is 21.5 Å². The molecule has 1 N–H and O–H groups in total. The van der Waals surface area contributed by atoms with E-state index >= 15 is 0 Å². The normalized spacial score (nSPS) is 11.3. The molecule has 3 aromatic rings. The standard InChI is InChI=1S/C20H17N3O4S/c1-15-8-10-18(11-9-15)28(25,26)27-19-7-3-2-5-16(19)14-22-23-20(24)17-6-4-12-21-13-17/h2-14H,1H3,(H,23,24).